The van der Waals surface area contributed by atoms with Gasteiger partial charge in [-0.05, 0) is 32.1 Å². The van der Waals surface area contributed by atoms with Gasteiger partial charge in [-0.25, -0.2) is 0 Å². The lowest BCUT2D eigenvalue weighted by Crippen LogP contribution is -2.34. The minimum Gasteiger partial charge on any atom is -0.381 e. The maximum absolute atomic E-state index is 5.79. The van der Waals surface area contributed by atoms with Gasteiger partial charge in [-0.15, -0.1) is 0 Å². The highest BCUT2D eigenvalue weighted by molar-refractivity contribution is 5.78. The summed E-state index contributed by atoms with van der Waals surface area (Å²) in [6, 6.07) is 0.963. The maximum atomic E-state index is 5.79. The van der Waals surface area contributed by atoms with E-state index in [0.29, 0.717) is 18.0 Å². The molecule has 1 aliphatic carbocycles. The van der Waals surface area contributed by atoms with E-state index in [-0.39, 0.29) is 0 Å². The van der Waals surface area contributed by atoms with E-state index >= 15 is 0 Å². The Bertz CT molecular complexity index is 205. The fourth-order valence-corrected chi connectivity index (χ4v) is 1.69. The molecule has 0 aromatic heterocycles. The molecule has 1 saturated heterocycles. The van der Waals surface area contributed by atoms with Crippen LogP contribution in [0.2, 0.25) is 0 Å². The molecule has 4 heteroatoms. The van der Waals surface area contributed by atoms with Crippen LogP contribution in [0.5, 0.6) is 0 Å². The predicted molar refractivity (Wildman–Crippen MR) is 56.2 cm³/mol. The number of nitrogens with zero attached hydrogens (tertiary/aromatic N) is 1. The van der Waals surface area contributed by atoms with Crippen molar-refractivity contribution in [3.8, 4) is 0 Å². The number of rotatable bonds is 2. The first-order valence-electron chi connectivity index (χ1n) is 5.52. The number of nitrogens with two attached hydrogens (primary N) is 1. The number of aliphatic imine (C=N–C) groups is 1. The number of guanidine groups is 1. The molecular weight excluding hydrogens is 178 g/mol. The Hall–Kier alpha value is -0.770. The quantitative estimate of drug-likeness (QED) is 0.504. The molecule has 0 amide bonds. The molecule has 14 heavy (non-hydrogen) atoms. The third-order valence-corrected chi connectivity index (χ3v) is 2.67. The summed E-state index contributed by atoms with van der Waals surface area (Å²) in [5.41, 5.74) is 5.79. The van der Waals surface area contributed by atoms with Crippen molar-refractivity contribution in [3.63, 3.8) is 0 Å². The molecule has 2 rings (SSSR count). The molecule has 3 N–H and O–H groups in total. The summed E-state index contributed by atoms with van der Waals surface area (Å²) in [5.74, 6) is 0.624. The van der Waals surface area contributed by atoms with Gasteiger partial charge in [0.1, 0.15) is 0 Å². The van der Waals surface area contributed by atoms with Gasteiger partial charge >= 0.3 is 0 Å². The zero-order valence-electron chi connectivity index (χ0n) is 8.54. The highest BCUT2D eigenvalue weighted by Crippen LogP contribution is 2.18. The molecule has 1 heterocycles. The fourth-order valence-electron chi connectivity index (χ4n) is 1.69. The van der Waals surface area contributed by atoms with Crippen LogP contribution in [0.25, 0.3) is 0 Å². The summed E-state index contributed by atoms with van der Waals surface area (Å²) < 4.78 is 5.37. The van der Waals surface area contributed by atoms with E-state index in [1.807, 2.05) is 0 Å². The van der Waals surface area contributed by atoms with Crippen molar-refractivity contribution in [2.75, 3.05) is 13.2 Å². The summed E-state index contributed by atoms with van der Waals surface area (Å²) in [6.07, 6.45) is 5.69. The normalized spacial score (nSPS) is 29.7. The predicted octanol–water partition coefficient (Wildman–Crippen LogP) is 0.622. The van der Waals surface area contributed by atoms with E-state index in [4.69, 9.17) is 10.5 Å². The number of nitrogens with one attached hydrogen (secondary N) is 1. The molecule has 80 valence electrons. The van der Waals surface area contributed by atoms with Crippen LogP contribution in [0, 0.1) is 0 Å². The lowest BCUT2D eigenvalue weighted by atomic mass is 10.1. The standard InChI is InChI=1S/C10H19N3O/c11-10(13-9-3-4-9)12-8-2-1-6-14-7-5-8/h8-9H,1-7H2,(H3,11,12,13). The minimum atomic E-state index is 0.365. The second kappa shape index (κ2) is 4.64. The van der Waals surface area contributed by atoms with E-state index in [9.17, 15) is 0 Å². The van der Waals surface area contributed by atoms with E-state index in [1.165, 1.54) is 12.8 Å². The van der Waals surface area contributed by atoms with Crippen molar-refractivity contribution in [1.29, 1.82) is 0 Å². The minimum absolute atomic E-state index is 0.365. The zero-order valence-corrected chi connectivity index (χ0v) is 8.54. The lowest BCUT2D eigenvalue weighted by Gasteiger charge is -2.10. The number of hydrogen-bond donors (Lipinski definition) is 2. The molecular formula is C10H19N3O. The van der Waals surface area contributed by atoms with Gasteiger partial charge < -0.3 is 15.8 Å². The second-order valence-electron chi connectivity index (χ2n) is 4.13. The molecule has 0 radical (unpaired) electrons. The molecule has 0 bridgehead atoms. The van der Waals surface area contributed by atoms with Crippen molar-refractivity contribution in [3.05, 3.63) is 0 Å². The van der Waals surface area contributed by atoms with Crippen molar-refractivity contribution in [2.45, 2.75) is 44.2 Å². The Morgan fingerprint density at radius 3 is 2.86 bits per heavy atom. The molecule has 2 aliphatic rings. The van der Waals surface area contributed by atoms with Crippen LogP contribution in [-0.4, -0.2) is 31.3 Å². The van der Waals surface area contributed by atoms with E-state index in [0.717, 1.165) is 32.5 Å². The Morgan fingerprint density at radius 1 is 1.21 bits per heavy atom. The summed E-state index contributed by atoms with van der Waals surface area (Å²) in [5, 5.41) is 3.21. The van der Waals surface area contributed by atoms with Gasteiger partial charge in [-0.2, -0.15) is 0 Å². The van der Waals surface area contributed by atoms with Crippen LogP contribution in [0.15, 0.2) is 4.99 Å². The van der Waals surface area contributed by atoms with Crippen molar-refractivity contribution in [1.82, 2.24) is 5.32 Å². The first-order chi connectivity index (χ1) is 6.84. The van der Waals surface area contributed by atoms with Crippen LogP contribution in [0.1, 0.15) is 32.1 Å². The van der Waals surface area contributed by atoms with E-state index in [2.05, 4.69) is 10.3 Å². The largest absolute Gasteiger partial charge is 0.381 e. The molecule has 0 aromatic rings. The fraction of sp³-hybridized carbons (Fsp3) is 0.900. The van der Waals surface area contributed by atoms with Gasteiger partial charge in [0.25, 0.3) is 0 Å². The molecule has 1 unspecified atom stereocenters. The Kier molecular flexibility index (Phi) is 3.24. The van der Waals surface area contributed by atoms with Crippen LogP contribution in [-0.2, 0) is 4.74 Å². The van der Waals surface area contributed by atoms with Gasteiger partial charge in [-0.1, -0.05) is 0 Å². The van der Waals surface area contributed by atoms with Gasteiger partial charge in [-0.3, -0.25) is 4.99 Å². The average molecular weight is 197 g/mol. The van der Waals surface area contributed by atoms with Crippen molar-refractivity contribution >= 4 is 5.96 Å². The van der Waals surface area contributed by atoms with Crippen LogP contribution in [0.4, 0.5) is 0 Å². The SMILES string of the molecule is NC(=NC1CCCOCC1)NC1CC1. The highest BCUT2D eigenvalue weighted by Gasteiger charge is 2.21. The average Bonchev–Trinajstić information content (AvgIpc) is 2.93. The summed E-state index contributed by atoms with van der Waals surface area (Å²) >= 11 is 0. The molecule has 0 spiro atoms. The summed E-state index contributed by atoms with van der Waals surface area (Å²) in [6.45, 7) is 1.70. The highest BCUT2D eigenvalue weighted by atomic mass is 16.5. The Morgan fingerprint density at radius 2 is 2.07 bits per heavy atom. The molecule has 1 aliphatic heterocycles. The monoisotopic (exact) mass is 197 g/mol. The molecule has 4 nitrogen and oxygen atoms in total. The first kappa shape index (κ1) is 9.77. The number of hydrogen-bond acceptors (Lipinski definition) is 2. The van der Waals surface area contributed by atoms with Crippen molar-refractivity contribution < 1.29 is 4.74 Å². The number of ether oxygens (including phenoxy) is 1. The van der Waals surface area contributed by atoms with Crippen molar-refractivity contribution in [2.24, 2.45) is 10.7 Å². The molecule has 0 aromatic carbocycles. The van der Waals surface area contributed by atoms with Crippen LogP contribution >= 0.6 is 0 Å². The first-order valence-corrected chi connectivity index (χ1v) is 5.52. The van der Waals surface area contributed by atoms with Gasteiger partial charge in [0.15, 0.2) is 5.96 Å². The van der Waals surface area contributed by atoms with Gasteiger partial charge in [0, 0.05) is 19.3 Å². The van der Waals surface area contributed by atoms with E-state index < -0.39 is 0 Å². The molecule has 1 atom stereocenters. The second-order valence-corrected chi connectivity index (χ2v) is 4.13. The third kappa shape index (κ3) is 3.18. The summed E-state index contributed by atoms with van der Waals surface area (Å²) in [7, 11) is 0. The van der Waals surface area contributed by atoms with Crippen LogP contribution < -0.4 is 11.1 Å². The van der Waals surface area contributed by atoms with Gasteiger partial charge in [0.2, 0.25) is 0 Å². The maximum Gasteiger partial charge on any atom is 0.189 e. The Labute approximate surface area is 84.9 Å². The summed E-state index contributed by atoms with van der Waals surface area (Å²) in [4.78, 5) is 4.48. The molecule has 2 fully saturated rings. The van der Waals surface area contributed by atoms with E-state index in [1.54, 1.807) is 0 Å². The lowest BCUT2D eigenvalue weighted by molar-refractivity contribution is 0.143. The third-order valence-electron chi connectivity index (χ3n) is 2.67. The van der Waals surface area contributed by atoms with Gasteiger partial charge in [0.05, 0.1) is 6.04 Å². The van der Waals surface area contributed by atoms with Crippen LogP contribution in [0.3, 0.4) is 0 Å². The topological polar surface area (TPSA) is 59.6 Å². The smallest absolute Gasteiger partial charge is 0.189 e. The molecule has 1 saturated carbocycles. The zero-order chi connectivity index (χ0) is 9.80. The Balaban J connectivity index is 1.79.